The highest BCUT2D eigenvalue weighted by Gasteiger charge is 2.35. The molecule has 1 heterocycles. The summed E-state index contributed by atoms with van der Waals surface area (Å²) in [5, 5.41) is 5.43. The van der Waals surface area contributed by atoms with E-state index in [0.717, 1.165) is 35.5 Å². The lowest BCUT2D eigenvalue weighted by atomic mass is 10.1. The van der Waals surface area contributed by atoms with Crippen LogP contribution in [0.4, 0.5) is 0 Å². The van der Waals surface area contributed by atoms with Gasteiger partial charge >= 0.3 is 0 Å². The van der Waals surface area contributed by atoms with Crippen LogP contribution in [0.1, 0.15) is 34.5 Å². The van der Waals surface area contributed by atoms with Crippen molar-refractivity contribution in [3.63, 3.8) is 0 Å². The normalized spacial score (nSPS) is 12.9. The van der Waals surface area contributed by atoms with Gasteiger partial charge in [0, 0.05) is 16.6 Å². The molecule has 0 N–H and O–H groups in total. The van der Waals surface area contributed by atoms with Gasteiger partial charge in [0.1, 0.15) is 11.5 Å². The summed E-state index contributed by atoms with van der Waals surface area (Å²) in [6, 6.07) is 24.5. The van der Waals surface area contributed by atoms with Crippen LogP contribution in [0.2, 0.25) is 5.02 Å². The molecule has 35 heavy (non-hydrogen) atoms. The van der Waals surface area contributed by atoms with Crippen LogP contribution in [0.15, 0.2) is 78.9 Å². The van der Waals surface area contributed by atoms with Gasteiger partial charge in [-0.05, 0) is 80.4 Å². The van der Waals surface area contributed by atoms with Gasteiger partial charge < -0.3 is 14.4 Å². The second-order valence-electron chi connectivity index (χ2n) is 8.57. The number of hydrogen-bond donors (Lipinski definition) is 0. The van der Waals surface area contributed by atoms with Crippen molar-refractivity contribution in [3.8, 4) is 23.1 Å². The van der Waals surface area contributed by atoms with Gasteiger partial charge in [-0.25, -0.2) is 4.68 Å². The first-order chi connectivity index (χ1) is 17.0. The Morgan fingerprint density at radius 1 is 1.00 bits per heavy atom. The summed E-state index contributed by atoms with van der Waals surface area (Å²) in [6.45, 7) is 2.35. The van der Waals surface area contributed by atoms with E-state index in [2.05, 4.69) is 0 Å². The quantitative estimate of drug-likeness (QED) is 0.287. The van der Waals surface area contributed by atoms with Crippen LogP contribution >= 0.6 is 11.6 Å². The third-order valence-corrected chi connectivity index (χ3v) is 6.33. The van der Waals surface area contributed by atoms with Crippen LogP contribution in [0.25, 0.3) is 5.69 Å². The maximum atomic E-state index is 13.5. The van der Waals surface area contributed by atoms with Gasteiger partial charge in [0.05, 0.1) is 30.6 Å². The Bertz CT molecular complexity index is 1310. The van der Waals surface area contributed by atoms with Gasteiger partial charge in [-0.3, -0.25) is 4.79 Å². The van der Waals surface area contributed by atoms with E-state index in [4.69, 9.17) is 26.2 Å². The number of carbonyl (C=O) groups is 1. The molecule has 4 aromatic rings. The number of aromatic nitrogens is 2. The molecule has 0 saturated heterocycles. The lowest BCUT2D eigenvalue weighted by molar-refractivity contribution is 0.0728. The monoisotopic (exact) mass is 487 g/mol. The van der Waals surface area contributed by atoms with Crippen molar-refractivity contribution in [3.05, 3.63) is 101 Å². The number of carbonyl (C=O) groups excluding carboxylic acids is 1. The zero-order chi connectivity index (χ0) is 24.4. The number of aryl methyl sites for hydroxylation is 1. The smallest absolute Gasteiger partial charge is 0.254 e. The summed E-state index contributed by atoms with van der Waals surface area (Å²) in [4.78, 5) is 15.5. The fourth-order valence-corrected chi connectivity index (χ4v) is 4.13. The SMILES string of the molecule is COc1ccc(C(=O)N(Cc2c(C)nn(-c3ccccc3)c2Oc2ccc(Cl)cc2)C2CC2)cc1. The van der Waals surface area contributed by atoms with Crippen LogP contribution in [0, 0.1) is 6.92 Å². The van der Waals surface area contributed by atoms with E-state index < -0.39 is 0 Å². The number of para-hydroxylation sites is 1. The van der Waals surface area contributed by atoms with E-state index in [1.165, 1.54) is 0 Å². The number of ether oxygens (including phenoxy) is 2. The minimum absolute atomic E-state index is 0.0144. The molecule has 6 nitrogen and oxygen atoms in total. The molecular formula is C28H26ClN3O3. The number of benzene rings is 3. The summed E-state index contributed by atoms with van der Waals surface area (Å²) in [5.41, 5.74) is 3.19. The van der Waals surface area contributed by atoms with Crippen molar-refractivity contribution in [2.24, 2.45) is 0 Å². The van der Waals surface area contributed by atoms with Crippen molar-refractivity contribution >= 4 is 17.5 Å². The number of rotatable bonds is 8. The second kappa shape index (κ2) is 9.84. The first-order valence-corrected chi connectivity index (χ1v) is 11.9. The Kier molecular flexibility index (Phi) is 6.47. The van der Waals surface area contributed by atoms with Gasteiger partial charge in [-0.2, -0.15) is 5.10 Å². The average Bonchev–Trinajstić information content (AvgIpc) is 3.69. The van der Waals surface area contributed by atoms with E-state index in [0.29, 0.717) is 28.8 Å². The molecule has 178 valence electrons. The molecule has 1 aliphatic rings. The molecule has 1 saturated carbocycles. The molecule has 0 aliphatic heterocycles. The summed E-state index contributed by atoms with van der Waals surface area (Å²) >= 11 is 6.07. The van der Waals surface area contributed by atoms with Gasteiger partial charge in [0.15, 0.2) is 0 Å². The van der Waals surface area contributed by atoms with E-state index in [9.17, 15) is 4.79 Å². The second-order valence-corrected chi connectivity index (χ2v) is 9.00. The molecule has 3 aromatic carbocycles. The molecule has 1 fully saturated rings. The summed E-state index contributed by atoms with van der Waals surface area (Å²) in [7, 11) is 1.61. The maximum Gasteiger partial charge on any atom is 0.254 e. The number of methoxy groups -OCH3 is 1. The fourth-order valence-electron chi connectivity index (χ4n) is 4.01. The van der Waals surface area contributed by atoms with Crippen molar-refractivity contribution in [2.45, 2.75) is 32.4 Å². The largest absolute Gasteiger partial charge is 0.497 e. The van der Waals surface area contributed by atoms with E-state index in [1.807, 2.05) is 78.6 Å². The summed E-state index contributed by atoms with van der Waals surface area (Å²) in [6.07, 6.45) is 1.97. The molecule has 1 aromatic heterocycles. The van der Waals surface area contributed by atoms with E-state index in [1.54, 1.807) is 23.9 Å². The number of nitrogens with zero attached hydrogens (tertiary/aromatic N) is 3. The minimum atomic E-state index is -0.0144. The van der Waals surface area contributed by atoms with Crippen LogP contribution in [0.5, 0.6) is 17.4 Å². The molecule has 0 bridgehead atoms. The van der Waals surface area contributed by atoms with E-state index in [-0.39, 0.29) is 11.9 Å². The third kappa shape index (κ3) is 5.03. The van der Waals surface area contributed by atoms with E-state index >= 15 is 0 Å². The zero-order valence-corrected chi connectivity index (χ0v) is 20.4. The zero-order valence-electron chi connectivity index (χ0n) is 19.6. The Morgan fingerprint density at radius 3 is 2.29 bits per heavy atom. The Labute approximate surface area is 209 Å². The number of halogens is 1. The molecule has 0 radical (unpaired) electrons. The molecule has 5 rings (SSSR count). The standard InChI is InChI=1S/C28H26ClN3O3/c1-19-26(18-31(22-12-13-22)27(33)20-8-14-24(34-2)15-9-20)28(35-25-16-10-21(29)11-17-25)32(30-19)23-6-4-3-5-7-23/h3-11,14-17,22H,12-13,18H2,1-2H3. The highest BCUT2D eigenvalue weighted by atomic mass is 35.5. The molecule has 0 unspecified atom stereocenters. The van der Waals surface area contributed by atoms with Crippen molar-refractivity contribution in [1.82, 2.24) is 14.7 Å². The topological polar surface area (TPSA) is 56.6 Å². The Morgan fingerprint density at radius 2 is 1.66 bits per heavy atom. The minimum Gasteiger partial charge on any atom is -0.497 e. The van der Waals surface area contributed by atoms with Crippen molar-refractivity contribution in [1.29, 1.82) is 0 Å². The Hall–Kier alpha value is -3.77. The van der Waals surface area contributed by atoms with Gasteiger partial charge in [0.2, 0.25) is 5.88 Å². The van der Waals surface area contributed by atoms with Gasteiger partial charge in [-0.15, -0.1) is 0 Å². The molecule has 0 spiro atoms. The van der Waals surface area contributed by atoms with Gasteiger partial charge in [-0.1, -0.05) is 29.8 Å². The predicted molar refractivity (Wildman–Crippen MR) is 136 cm³/mol. The summed E-state index contributed by atoms with van der Waals surface area (Å²) in [5.74, 6) is 1.94. The van der Waals surface area contributed by atoms with Crippen LogP contribution in [-0.2, 0) is 6.54 Å². The number of amides is 1. The lowest BCUT2D eigenvalue weighted by Gasteiger charge is -2.23. The molecule has 0 atom stereocenters. The van der Waals surface area contributed by atoms with Crippen molar-refractivity contribution < 1.29 is 14.3 Å². The maximum absolute atomic E-state index is 13.5. The predicted octanol–water partition coefficient (Wildman–Crippen LogP) is 6.44. The first kappa shape index (κ1) is 23.0. The molecule has 1 amide bonds. The third-order valence-electron chi connectivity index (χ3n) is 6.08. The fraction of sp³-hybridized carbons (Fsp3) is 0.214. The average molecular weight is 488 g/mol. The molecule has 7 heteroatoms. The van der Waals surface area contributed by atoms with Crippen molar-refractivity contribution in [2.75, 3.05) is 7.11 Å². The first-order valence-electron chi connectivity index (χ1n) is 11.6. The lowest BCUT2D eigenvalue weighted by Crippen LogP contribution is -2.32. The molecular weight excluding hydrogens is 462 g/mol. The highest BCUT2D eigenvalue weighted by molar-refractivity contribution is 6.30. The van der Waals surface area contributed by atoms with Gasteiger partial charge in [0.25, 0.3) is 5.91 Å². The van der Waals surface area contributed by atoms with Crippen LogP contribution in [0.3, 0.4) is 0 Å². The number of hydrogen-bond acceptors (Lipinski definition) is 4. The summed E-state index contributed by atoms with van der Waals surface area (Å²) < 4.78 is 13.4. The highest BCUT2D eigenvalue weighted by Crippen LogP contribution is 2.36. The Balaban J connectivity index is 1.52. The van der Waals surface area contributed by atoms with Crippen LogP contribution < -0.4 is 9.47 Å². The van der Waals surface area contributed by atoms with Crippen LogP contribution in [-0.4, -0.2) is 33.7 Å². The molecule has 1 aliphatic carbocycles.